The van der Waals surface area contributed by atoms with Gasteiger partial charge in [0, 0.05) is 76.5 Å². The monoisotopic (exact) mass is 454 g/mol. The number of fused-ring (bicyclic) bond motifs is 1. The molecule has 0 bridgehead atoms. The third-order valence-electron chi connectivity index (χ3n) is 5.81. The predicted octanol–water partition coefficient (Wildman–Crippen LogP) is 6.19. The highest BCUT2D eigenvalue weighted by Crippen LogP contribution is 2.32. The van der Waals surface area contributed by atoms with Crippen molar-refractivity contribution in [1.29, 1.82) is 0 Å². The van der Waals surface area contributed by atoms with Crippen LogP contribution in [0.1, 0.15) is 28.5 Å². The van der Waals surface area contributed by atoms with Crippen molar-refractivity contribution in [2.45, 2.75) is 18.9 Å². The fourth-order valence-corrected chi connectivity index (χ4v) is 4.16. The van der Waals surface area contributed by atoms with Gasteiger partial charge in [0.25, 0.3) is 0 Å². The van der Waals surface area contributed by atoms with Crippen molar-refractivity contribution in [3.63, 3.8) is 0 Å². The maximum atomic E-state index is 5.97. The van der Waals surface area contributed by atoms with Crippen molar-refractivity contribution >= 4 is 22.6 Å². The largest absolute Gasteiger partial charge is 0.372 e. The summed E-state index contributed by atoms with van der Waals surface area (Å²) in [6, 6.07) is 18.2. The molecule has 0 spiro atoms. The van der Waals surface area contributed by atoms with Gasteiger partial charge in [-0.05, 0) is 48.7 Å². The van der Waals surface area contributed by atoms with Crippen molar-refractivity contribution < 1.29 is 4.74 Å². The van der Waals surface area contributed by atoms with E-state index in [-0.39, 0.29) is 6.10 Å². The normalized spacial score (nSPS) is 12.2. The second-order valence-electron chi connectivity index (χ2n) is 7.93. The average molecular weight is 455 g/mol. The number of hydrogen-bond acceptors (Lipinski definition) is 4. The Morgan fingerprint density at radius 1 is 0.939 bits per heavy atom. The number of benzene rings is 1. The Kier molecular flexibility index (Phi) is 6.15. The molecule has 0 aliphatic heterocycles. The molecular formula is C27H23ClN4O. The van der Waals surface area contributed by atoms with Crippen LogP contribution in [0.3, 0.4) is 0 Å². The molecule has 0 aliphatic carbocycles. The van der Waals surface area contributed by atoms with Crippen molar-refractivity contribution in [3.05, 3.63) is 113 Å². The first-order chi connectivity index (χ1) is 16.2. The molecule has 33 heavy (non-hydrogen) atoms. The third kappa shape index (κ3) is 4.65. The van der Waals surface area contributed by atoms with Crippen LogP contribution in [-0.2, 0) is 17.6 Å². The Labute approximate surface area is 197 Å². The van der Waals surface area contributed by atoms with E-state index < -0.39 is 0 Å². The van der Waals surface area contributed by atoms with Gasteiger partial charge >= 0.3 is 0 Å². The molecule has 1 atom stereocenters. The maximum absolute atomic E-state index is 5.97. The summed E-state index contributed by atoms with van der Waals surface area (Å²) in [4.78, 5) is 16.8. The minimum absolute atomic E-state index is 0.248. The molecule has 0 aliphatic rings. The molecule has 0 saturated carbocycles. The fraction of sp³-hybridized carbons (Fsp3) is 0.148. The fourth-order valence-electron chi connectivity index (χ4n) is 4.04. The first-order valence-corrected chi connectivity index (χ1v) is 11.2. The molecule has 164 valence electrons. The number of pyridine rings is 3. The van der Waals surface area contributed by atoms with E-state index in [9.17, 15) is 0 Å². The van der Waals surface area contributed by atoms with Gasteiger partial charge < -0.3 is 9.72 Å². The highest BCUT2D eigenvalue weighted by Gasteiger charge is 2.19. The zero-order valence-corrected chi connectivity index (χ0v) is 19.0. The zero-order chi connectivity index (χ0) is 22.6. The SMILES string of the molecule is COC(c1ccc(CCc2ccc(Cl)cc2)nc1)c1c[nH]c2ncc(-c3cccnc3)cc12. The zero-order valence-electron chi connectivity index (χ0n) is 18.2. The first kappa shape index (κ1) is 21.3. The molecule has 0 saturated heterocycles. The summed E-state index contributed by atoms with van der Waals surface area (Å²) in [6.45, 7) is 0. The molecule has 5 nitrogen and oxygen atoms in total. The Morgan fingerprint density at radius 2 is 1.82 bits per heavy atom. The summed E-state index contributed by atoms with van der Waals surface area (Å²) < 4.78 is 5.90. The van der Waals surface area contributed by atoms with Crippen molar-refractivity contribution in [2.75, 3.05) is 7.11 Å². The van der Waals surface area contributed by atoms with Crippen LogP contribution < -0.4 is 0 Å². The number of aromatic nitrogens is 4. The number of aryl methyl sites for hydroxylation is 2. The number of halogens is 1. The molecule has 0 amide bonds. The molecule has 1 N–H and O–H groups in total. The van der Waals surface area contributed by atoms with Crippen LogP contribution in [0.5, 0.6) is 0 Å². The van der Waals surface area contributed by atoms with E-state index in [0.717, 1.165) is 56.8 Å². The van der Waals surface area contributed by atoms with E-state index in [4.69, 9.17) is 21.3 Å². The first-order valence-electron chi connectivity index (χ1n) is 10.8. The Morgan fingerprint density at radius 3 is 2.55 bits per heavy atom. The third-order valence-corrected chi connectivity index (χ3v) is 6.06. The van der Waals surface area contributed by atoms with E-state index in [0.29, 0.717) is 0 Å². The van der Waals surface area contributed by atoms with Crippen molar-refractivity contribution in [3.8, 4) is 11.1 Å². The summed E-state index contributed by atoms with van der Waals surface area (Å²) in [5.74, 6) is 0. The molecule has 0 radical (unpaired) electrons. The van der Waals surface area contributed by atoms with Crippen LogP contribution in [0.15, 0.2) is 85.6 Å². The quantitative estimate of drug-likeness (QED) is 0.318. The van der Waals surface area contributed by atoms with Gasteiger partial charge in [0.15, 0.2) is 0 Å². The van der Waals surface area contributed by atoms with E-state index in [1.807, 2.05) is 49.1 Å². The van der Waals surface area contributed by atoms with Crippen LogP contribution in [0.2, 0.25) is 5.02 Å². The second-order valence-corrected chi connectivity index (χ2v) is 8.37. The van der Waals surface area contributed by atoms with Gasteiger partial charge in [0.1, 0.15) is 11.8 Å². The molecule has 6 heteroatoms. The average Bonchev–Trinajstić information content (AvgIpc) is 3.28. The minimum Gasteiger partial charge on any atom is -0.372 e. The summed E-state index contributed by atoms with van der Waals surface area (Å²) in [5, 5.41) is 1.78. The number of nitrogens with one attached hydrogen (secondary N) is 1. The van der Waals surface area contributed by atoms with Gasteiger partial charge in [-0.15, -0.1) is 0 Å². The summed E-state index contributed by atoms with van der Waals surface area (Å²) in [5.41, 5.74) is 7.19. The molecule has 4 aromatic heterocycles. The van der Waals surface area contributed by atoms with Crippen molar-refractivity contribution in [2.24, 2.45) is 0 Å². The molecule has 0 fully saturated rings. The number of nitrogens with zero attached hydrogens (tertiary/aromatic N) is 3. The number of ether oxygens (including phenoxy) is 1. The van der Waals surface area contributed by atoms with Gasteiger partial charge in [0.05, 0.1) is 0 Å². The van der Waals surface area contributed by atoms with Gasteiger partial charge in [-0.3, -0.25) is 9.97 Å². The van der Waals surface area contributed by atoms with Crippen LogP contribution in [-0.4, -0.2) is 27.0 Å². The maximum Gasteiger partial charge on any atom is 0.137 e. The number of H-pyrrole nitrogens is 1. The Hall–Kier alpha value is -3.54. The lowest BCUT2D eigenvalue weighted by molar-refractivity contribution is 0.137. The molecule has 1 unspecified atom stereocenters. The number of aromatic amines is 1. The van der Waals surface area contributed by atoms with Gasteiger partial charge in [-0.25, -0.2) is 4.98 Å². The topological polar surface area (TPSA) is 63.7 Å². The number of methoxy groups -OCH3 is 1. The smallest absolute Gasteiger partial charge is 0.137 e. The van der Waals surface area contributed by atoms with E-state index in [1.165, 1.54) is 5.56 Å². The second kappa shape index (κ2) is 9.53. The van der Waals surface area contributed by atoms with Gasteiger partial charge in [0.2, 0.25) is 0 Å². The Bertz CT molecular complexity index is 1350. The Balaban J connectivity index is 1.38. The van der Waals surface area contributed by atoms with Crippen LogP contribution >= 0.6 is 11.6 Å². The van der Waals surface area contributed by atoms with E-state index in [2.05, 4.69) is 45.3 Å². The minimum atomic E-state index is -0.248. The molecular weight excluding hydrogens is 432 g/mol. The highest BCUT2D eigenvalue weighted by molar-refractivity contribution is 6.30. The molecule has 4 heterocycles. The lowest BCUT2D eigenvalue weighted by Crippen LogP contribution is -2.04. The van der Waals surface area contributed by atoms with Crippen molar-refractivity contribution in [1.82, 2.24) is 19.9 Å². The molecule has 1 aromatic carbocycles. The number of rotatable bonds is 7. The summed E-state index contributed by atoms with van der Waals surface area (Å²) in [6.07, 6.45) is 10.9. The van der Waals surface area contributed by atoms with Gasteiger partial charge in [-0.2, -0.15) is 0 Å². The van der Waals surface area contributed by atoms with Gasteiger partial charge in [-0.1, -0.05) is 35.9 Å². The molecule has 5 rings (SSSR count). The van der Waals surface area contributed by atoms with Crippen LogP contribution in [0, 0.1) is 0 Å². The lowest BCUT2D eigenvalue weighted by Gasteiger charge is -2.15. The standard InChI is InChI=1S/C27H23ClN4O/c1-33-26(20-7-11-23(30-15-20)10-6-18-4-8-22(28)9-5-18)25-17-32-27-24(25)13-21(16-31-27)19-3-2-12-29-14-19/h2-5,7-9,11-17,26H,6,10H2,1H3,(H,31,32). The van der Waals surface area contributed by atoms with E-state index in [1.54, 1.807) is 13.3 Å². The summed E-state index contributed by atoms with van der Waals surface area (Å²) >= 11 is 5.97. The lowest BCUT2D eigenvalue weighted by atomic mass is 10.0. The van der Waals surface area contributed by atoms with Crippen LogP contribution in [0.25, 0.3) is 22.2 Å². The number of hydrogen-bond donors (Lipinski definition) is 1. The summed E-state index contributed by atoms with van der Waals surface area (Å²) in [7, 11) is 1.72. The van der Waals surface area contributed by atoms with E-state index >= 15 is 0 Å². The highest BCUT2D eigenvalue weighted by atomic mass is 35.5. The van der Waals surface area contributed by atoms with Crippen LogP contribution in [0.4, 0.5) is 0 Å². The molecule has 5 aromatic rings. The predicted molar refractivity (Wildman–Crippen MR) is 131 cm³/mol.